The highest BCUT2D eigenvalue weighted by atomic mass is 19.4. The molecule has 0 saturated carbocycles. The van der Waals surface area contributed by atoms with E-state index < -0.39 is 17.6 Å². The molecule has 0 saturated heterocycles. The van der Waals surface area contributed by atoms with Crippen molar-refractivity contribution in [3.8, 4) is 5.75 Å². The van der Waals surface area contributed by atoms with E-state index >= 15 is 4.39 Å². The standard InChI is InChI=1S/C30H25F5O/c1-2-17-36-25-13-6-20(7-14-25)3-4-21-8-15-26-24(18-21)12-11-23(29(26)32)10-5-22-9-16-27(28(31)19-22)30(33,34)35/h2,6-9,11-16,18-19H,1,3-5,10,17H2. The Morgan fingerprint density at radius 1 is 0.722 bits per heavy atom. The van der Waals surface area contributed by atoms with Crippen LogP contribution in [0.25, 0.3) is 10.8 Å². The van der Waals surface area contributed by atoms with Gasteiger partial charge in [-0.25, -0.2) is 8.78 Å². The second-order valence-corrected chi connectivity index (χ2v) is 8.65. The van der Waals surface area contributed by atoms with Crippen LogP contribution in [0.2, 0.25) is 0 Å². The molecule has 6 heteroatoms. The van der Waals surface area contributed by atoms with Crippen molar-refractivity contribution in [1.29, 1.82) is 0 Å². The molecule has 0 spiro atoms. The van der Waals surface area contributed by atoms with E-state index in [4.69, 9.17) is 4.74 Å². The minimum Gasteiger partial charge on any atom is -0.490 e. The molecule has 0 bridgehead atoms. The van der Waals surface area contributed by atoms with E-state index in [-0.39, 0.29) is 18.7 Å². The fourth-order valence-corrected chi connectivity index (χ4v) is 4.15. The van der Waals surface area contributed by atoms with Crippen LogP contribution in [0.1, 0.15) is 27.8 Å². The van der Waals surface area contributed by atoms with Gasteiger partial charge in [-0.1, -0.05) is 61.2 Å². The van der Waals surface area contributed by atoms with Gasteiger partial charge in [0, 0.05) is 5.39 Å². The van der Waals surface area contributed by atoms with Crippen molar-refractivity contribution < 1.29 is 26.7 Å². The van der Waals surface area contributed by atoms with Gasteiger partial charge in [0.2, 0.25) is 0 Å². The molecule has 0 unspecified atom stereocenters. The van der Waals surface area contributed by atoms with Crippen molar-refractivity contribution >= 4 is 10.8 Å². The van der Waals surface area contributed by atoms with E-state index in [1.54, 1.807) is 18.2 Å². The van der Waals surface area contributed by atoms with Gasteiger partial charge in [-0.3, -0.25) is 0 Å². The van der Waals surface area contributed by atoms with Crippen LogP contribution in [-0.2, 0) is 31.9 Å². The molecule has 0 N–H and O–H groups in total. The summed E-state index contributed by atoms with van der Waals surface area (Å²) in [7, 11) is 0. The Hall–Kier alpha value is -3.67. The lowest BCUT2D eigenvalue weighted by Crippen LogP contribution is -2.08. The maximum absolute atomic E-state index is 15.1. The largest absolute Gasteiger partial charge is 0.490 e. The van der Waals surface area contributed by atoms with Crippen molar-refractivity contribution in [3.05, 3.63) is 125 Å². The lowest BCUT2D eigenvalue weighted by atomic mass is 9.97. The summed E-state index contributed by atoms with van der Waals surface area (Å²) in [6.07, 6.45) is -0.937. The number of rotatable bonds is 9. The molecule has 0 fully saturated rings. The third-order valence-corrected chi connectivity index (χ3v) is 6.11. The molecular formula is C30H25F5O. The molecule has 0 atom stereocenters. The van der Waals surface area contributed by atoms with Gasteiger partial charge < -0.3 is 4.74 Å². The summed E-state index contributed by atoms with van der Waals surface area (Å²) >= 11 is 0. The van der Waals surface area contributed by atoms with E-state index in [1.165, 1.54) is 11.6 Å². The summed E-state index contributed by atoms with van der Waals surface area (Å²) in [5.41, 5.74) is 1.78. The second-order valence-electron chi connectivity index (χ2n) is 8.65. The van der Waals surface area contributed by atoms with Crippen LogP contribution >= 0.6 is 0 Å². The van der Waals surface area contributed by atoms with Crippen LogP contribution in [0.5, 0.6) is 5.75 Å². The van der Waals surface area contributed by atoms with Crippen LogP contribution in [0.4, 0.5) is 22.0 Å². The van der Waals surface area contributed by atoms with E-state index in [0.29, 0.717) is 23.1 Å². The van der Waals surface area contributed by atoms with Crippen LogP contribution in [0.15, 0.2) is 85.5 Å². The molecule has 1 nitrogen and oxygen atoms in total. The summed E-state index contributed by atoms with van der Waals surface area (Å²) < 4.78 is 72.7. The lowest BCUT2D eigenvalue weighted by molar-refractivity contribution is -0.140. The van der Waals surface area contributed by atoms with Crippen molar-refractivity contribution in [1.82, 2.24) is 0 Å². The lowest BCUT2D eigenvalue weighted by Gasteiger charge is -2.11. The normalized spacial score (nSPS) is 11.6. The number of fused-ring (bicyclic) bond motifs is 1. The third-order valence-electron chi connectivity index (χ3n) is 6.11. The molecule has 0 aliphatic carbocycles. The first-order chi connectivity index (χ1) is 17.2. The average Bonchev–Trinajstić information content (AvgIpc) is 2.85. The first-order valence-corrected chi connectivity index (χ1v) is 11.6. The molecule has 4 aromatic carbocycles. The van der Waals surface area contributed by atoms with Gasteiger partial charge in [-0.05, 0) is 77.6 Å². The molecule has 36 heavy (non-hydrogen) atoms. The summed E-state index contributed by atoms with van der Waals surface area (Å²) in [4.78, 5) is 0. The van der Waals surface area contributed by atoms with Crippen LogP contribution < -0.4 is 4.74 Å². The molecule has 4 rings (SSSR count). The van der Waals surface area contributed by atoms with E-state index in [1.807, 2.05) is 42.5 Å². The summed E-state index contributed by atoms with van der Waals surface area (Å²) in [5.74, 6) is -0.885. The highest BCUT2D eigenvalue weighted by Crippen LogP contribution is 2.32. The third kappa shape index (κ3) is 6.11. The zero-order valence-electron chi connectivity index (χ0n) is 19.5. The predicted molar refractivity (Wildman–Crippen MR) is 132 cm³/mol. The van der Waals surface area contributed by atoms with Crippen molar-refractivity contribution in [2.24, 2.45) is 0 Å². The smallest absolute Gasteiger partial charge is 0.419 e. The Labute approximate surface area is 206 Å². The zero-order valence-corrected chi connectivity index (χ0v) is 19.5. The topological polar surface area (TPSA) is 9.23 Å². The number of halogens is 5. The van der Waals surface area contributed by atoms with Crippen LogP contribution in [0, 0.1) is 11.6 Å². The fraction of sp³-hybridized carbons (Fsp3) is 0.200. The van der Waals surface area contributed by atoms with Gasteiger partial charge in [0.15, 0.2) is 0 Å². The summed E-state index contributed by atoms with van der Waals surface area (Å²) in [6.45, 7) is 4.09. The maximum Gasteiger partial charge on any atom is 0.419 e. The first kappa shape index (κ1) is 25.4. The second kappa shape index (κ2) is 10.9. The van der Waals surface area contributed by atoms with E-state index in [9.17, 15) is 17.6 Å². The Kier molecular flexibility index (Phi) is 7.73. The Bertz CT molecular complexity index is 1360. The molecule has 0 aromatic heterocycles. The van der Waals surface area contributed by atoms with Gasteiger partial charge in [-0.2, -0.15) is 13.2 Å². The van der Waals surface area contributed by atoms with Gasteiger partial charge in [-0.15, -0.1) is 0 Å². The average molecular weight is 497 g/mol. The first-order valence-electron chi connectivity index (χ1n) is 11.6. The van der Waals surface area contributed by atoms with Gasteiger partial charge in [0.1, 0.15) is 24.0 Å². The molecule has 0 radical (unpaired) electrons. The Morgan fingerprint density at radius 2 is 1.36 bits per heavy atom. The minimum absolute atomic E-state index is 0.229. The quantitative estimate of drug-likeness (QED) is 0.167. The number of benzene rings is 4. The summed E-state index contributed by atoms with van der Waals surface area (Å²) in [5, 5.41) is 1.26. The monoisotopic (exact) mass is 496 g/mol. The van der Waals surface area contributed by atoms with Crippen LogP contribution in [-0.4, -0.2) is 6.61 Å². The molecule has 186 valence electrons. The molecule has 0 heterocycles. The fourth-order valence-electron chi connectivity index (χ4n) is 4.15. The minimum atomic E-state index is -4.74. The van der Waals surface area contributed by atoms with Crippen molar-refractivity contribution in [3.63, 3.8) is 0 Å². The Balaban J connectivity index is 1.41. The molecule has 0 aliphatic rings. The van der Waals surface area contributed by atoms with Gasteiger partial charge >= 0.3 is 6.18 Å². The highest BCUT2D eigenvalue weighted by Gasteiger charge is 2.33. The molecule has 0 amide bonds. The molecular weight excluding hydrogens is 471 g/mol. The van der Waals surface area contributed by atoms with Crippen LogP contribution in [0.3, 0.4) is 0 Å². The molecule has 4 aromatic rings. The van der Waals surface area contributed by atoms with E-state index in [0.717, 1.165) is 41.7 Å². The van der Waals surface area contributed by atoms with E-state index in [2.05, 4.69) is 6.58 Å². The van der Waals surface area contributed by atoms with Gasteiger partial charge in [0.05, 0.1) is 5.56 Å². The Morgan fingerprint density at radius 3 is 2.06 bits per heavy atom. The number of ether oxygens (including phenoxy) is 1. The highest BCUT2D eigenvalue weighted by molar-refractivity contribution is 5.84. The number of aryl methyl sites for hydroxylation is 4. The van der Waals surface area contributed by atoms with Crippen molar-refractivity contribution in [2.45, 2.75) is 31.9 Å². The number of alkyl halides is 3. The van der Waals surface area contributed by atoms with Gasteiger partial charge in [0.25, 0.3) is 0 Å². The maximum atomic E-state index is 15.1. The number of hydrogen-bond donors (Lipinski definition) is 0. The summed E-state index contributed by atoms with van der Waals surface area (Å²) in [6, 6.07) is 19.9. The zero-order chi connectivity index (χ0) is 25.7. The number of hydrogen-bond acceptors (Lipinski definition) is 1. The molecule has 0 aliphatic heterocycles. The van der Waals surface area contributed by atoms with Crippen molar-refractivity contribution in [2.75, 3.05) is 6.61 Å². The SMILES string of the molecule is C=CCOc1ccc(CCc2ccc3c(F)c(CCc4ccc(C(F)(F)F)c(F)c4)ccc3c2)cc1. The predicted octanol–water partition coefficient (Wildman–Crippen LogP) is 8.27.